The molecule has 0 spiro atoms. The molecule has 1 aromatic heterocycles. The third-order valence-corrected chi connectivity index (χ3v) is 5.07. The van der Waals surface area contributed by atoms with Gasteiger partial charge in [-0.15, -0.1) is 11.8 Å². The summed E-state index contributed by atoms with van der Waals surface area (Å²) in [7, 11) is 0. The number of carbonyl (C=O) groups excluding carboxylic acids is 1. The molecule has 1 aliphatic rings. The second-order valence-electron chi connectivity index (χ2n) is 7.11. The number of carbonyl (C=O) groups is 1. The number of fused-ring (bicyclic) bond motifs is 1. The zero-order valence-corrected chi connectivity index (χ0v) is 16.7. The molecule has 3 rings (SSSR count). The van der Waals surface area contributed by atoms with Crippen LogP contribution < -0.4 is 4.90 Å². The lowest BCUT2D eigenvalue weighted by Crippen LogP contribution is -2.40. The number of nitrogens with zero attached hydrogens (tertiary/aromatic N) is 3. The maximum absolute atomic E-state index is 12.6. The molecule has 0 fully saturated rings. The first-order valence-electron chi connectivity index (χ1n) is 8.57. The smallest absolute Gasteiger partial charge is 0.416 e. The second kappa shape index (κ2) is 7.84. The summed E-state index contributed by atoms with van der Waals surface area (Å²) in [5.74, 6) is 1.36. The summed E-state index contributed by atoms with van der Waals surface area (Å²) < 4.78 is 5.52. The Morgan fingerprint density at radius 1 is 1.27 bits per heavy atom. The van der Waals surface area contributed by atoms with Crippen molar-refractivity contribution in [1.29, 1.82) is 0 Å². The van der Waals surface area contributed by atoms with Crippen LogP contribution in [-0.2, 0) is 16.9 Å². The van der Waals surface area contributed by atoms with E-state index in [4.69, 9.17) is 16.3 Å². The molecule has 1 aromatic carbocycles. The number of thioether (sulfide) groups is 1. The fourth-order valence-electron chi connectivity index (χ4n) is 2.73. The number of ether oxygens (including phenoxy) is 1. The Morgan fingerprint density at radius 3 is 2.69 bits per heavy atom. The second-order valence-corrected chi connectivity index (χ2v) is 8.41. The topological polar surface area (TPSA) is 55.3 Å². The van der Waals surface area contributed by atoms with Crippen molar-refractivity contribution in [3.8, 4) is 0 Å². The van der Waals surface area contributed by atoms with E-state index in [9.17, 15) is 4.79 Å². The zero-order valence-electron chi connectivity index (χ0n) is 15.2. The minimum absolute atomic E-state index is 0.148. The lowest BCUT2D eigenvalue weighted by Gasteiger charge is -2.31. The van der Waals surface area contributed by atoms with Gasteiger partial charge in [-0.1, -0.05) is 30.3 Å². The molecule has 1 aliphatic heterocycles. The molecule has 0 atom stereocenters. The largest absolute Gasteiger partial charge is 0.443 e. The van der Waals surface area contributed by atoms with Crippen LogP contribution >= 0.6 is 23.4 Å². The van der Waals surface area contributed by atoms with Crippen LogP contribution in [0.3, 0.4) is 0 Å². The van der Waals surface area contributed by atoms with Crippen molar-refractivity contribution in [2.75, 3.05) is 11.4 Å². The lowest BCUT2D eigenvalue weighted by molar-refractivity contribution is 0.0576. The fraction of sp³-hybridized carbons (Fsp3) is 0.421. The molecular weight excluding hydrogens is 370 g/mol. The molecule has 1 amide bonds. The van der Waals surface area contributed by atoms with E-state index in [0.29, 0.717) is 12.4 Å². The Hall–Kier alpha value is -1.79. The van der Waals surface area contributed by atoms with Gasteiger partial charge in [0.2, 0.25) is 5.28 Å². The highest BCUT2D eigenvalue weighted by molar-refractivity contribution is 7.98. The van der Waals surface area contributed by atoms with Crippen LogP contribution in [0, 0.1) is 0 Å². The Balaban J connectivity index is 1.86. The summed E-state index contributed by atoms with van der Waals surface area (Å²) in [4.78, 5) is 22.9. The minimum Gasteiger partial charge on any atom is -0.443 e. The summed E-state index contributed by atoms with van der Waals surface area (Å²) in [5, 5.41) is 0.979. The summed E-state index contributed by atoms with van der Waals surface area (Å²) >= 11 is 7.77. The molecule has 2 heterocycles. The Labute approximate surface area is 163 Å². The molecular formula is C19H22ClN3O2S. The van der Waals surface area contributed by atoms with E-state index in [1.807, 2.05) is 39.0 Å². The molecule has 0 unspecified atom stereocenters. The third-order valence-electron chi connectivity index (χ3n) is 3.82. The SMILES string of the molecule is CC(C)(C)OC(=O)N1CCCc2c(SCc3ccccc3)nc(Cl)nc21. The third kappa shape index (κ3) is 4.68. The van der Waals surface area contributed by atoms with Gasteiger partial charge in [0, 0.05) is 17.9 Å². The number of anilines is 1. The zero-order chi connectivity index (χ0) is 18.7. The van der Waals surface area contributed by atoms with E-state index in [0.717, 1.165) is 29.2 Å². The number of benzene rings is 1. The van der Waals surface area contributed by atoms with Gasteiger partial charge >= 0.3 is 6.09 Å². The molecule has 5 nitrogen and oxygen atoms in total. The highest BCUT2D eigenvalue weighted by Crippen LogP contribution is 2.35. The summed E-state index contributed by atoms with van der Waals surface area (Å²) in [6.07, 6.45) is 1.27. The van der Waals surface area contributed by atoms with Gasteiger partial charge in [0.1, 0.15) is 16.4 Å². The Bertz CT molecular complexity index is 793. The minimum atomic E-state index is -0.559. The Morgan fingerprint density at radius 2 is 2.00 bits per heavy atom. The van der Waals surface area contributed by atoms with Gasteiger partial charge < -0.3 is 4.74 Å². The van der Waals surface area contributed by atoms with Crippen LogP contribution in [-0.4, -0.2) is 28.2 Å². The van der Waals surface area contributed by atoms with Gasteiger partial charge in [-0.25, -0.2) is 9.78 Å². The number of aromatic nitrogens is 2. The van der Waals surface area contributed by atoms with Crippen molar-refractivity contribution in [1.82, 2.24) is 9.97 Å². The fourth-order valence-corrected chi connectivity index (χ4v) is 3.96. The lowest BCUT2D eigenvalue weighted by atomic mass is 10.1. The van der Waals surface area contributed by atoms with Crippen molar-refractivity contribution >= 4 is 35.3 Å². The van der Waals surface area contributed by atoms with E-state index in [1.54, 1.807) is 16.7 Å². The van der Waals surface area contributed by atoms with Crippen molar-refractivity contribution in [2.45, 2.75) is 50.0 Å². The van der Waals surface area contributed by atoms with Crippen molar-refractivity contribution in [3.05, 3.63) is 46.7 Å². The van der Waals surface area contributed by atoms with Gasteiger partial charge in [0.05, 0.1) is 0 Å². The molecule has 138 valence electrons. The van der Waals surface area contributed by atoms with Crippen LogP contribution in [0.25, 0.3) is 0 Å². The van der Waals surface area contributed by atoms with Crippen LogP contribution in [0.5, 0.6) is 0 Å². The van der Waals surface area contributed by atoms with E-state index >= 15 is 0 Å². The number of rotatable bonds is 3. The molecule has 0 aliphatic carbocycles. The Kier molecular flexibility index (Phi) is 5.73. The number of hydrogen-bond donors (Lipinski definition) is 0. The summed E-state index contributed by atoms with van der Waals surface area (Å²) in [5.41, 5.74) is 1.62. The molecule has 7 heteroatoms. The van der Waals surface area contributed by atoms with Gasteiger partial charge in [0.15, 0.2) is 0 Å². The van der Waals surface area contributed by atoms with Crippen molar-refractivity contribution in [3.63, 3.8) is 0 Å². The molecule has 0 bridgehead atoms. The average molecular weight is 392 g/mol. The molecule has 0 N–H and O–H groups in total. The summed E-state index contributed by atoms with van der Waals surface area (Å²) in [6, 6.07) is 10.2. The number of amides is 1. The van der Waals surface area contributed by atoms with Crippen LogP contribution in [0.2, 0.25) is 5.28 Å². The molecule has 0 saturated carbocycles. The van der Waals surface area contributed by atoms with E-state index in [2.05, 4.69) is 22.1 Å². The van der Waals surface area contributed by atoms with Crippen molar-refractivity contribution in [2.24, 2.45) is 0 Å². The molecule has 2 aromatic rings. The van der Waals surface area contributed by atoms with Crippen molar-refractivity contribution < 1.29 is 9.53 Å². The van der Waals surface area contributed by atoms with E-state index in [-0.39, 0.29) is 5.28 Å². The highest BCUT2D eigenvalue weighted by atomic mass is 35.5. The summed E-state index contributed by atoms with van der Waals surface area (Å²) in [6.45, 7) is 6.12. The maximum atomic E-state index is 12.6. The predicted molar refractivity (Wildman–Crippen MR) is 105 cm³/mol. The number of hydrogen-bond acceptors (Lipinski definition) is 5. The van der Waals surface area contributed by atoms with Gasteiger partial charge in [-0.05, 0) is 50.8 Å². The predicted octanol–water partition coefficient (Wildman–Crippen LogP) is 5.11. The molecule has 26 heavy (non-hydrogen) atoms. The van der Waals surface area contributed by atoms with Crippen LogP contribution in [0.15, 0.2) is 35.4 Å². The van der Waals surface area contributed by atoms with E-state index in [1.165, 1.54) is 5.56 Å². The monoisotopic (exact) mass is 391 g/mol. The van der Waals surface area contributed by atoms with Gasteiger partial charge in [-0.2, -0.15) is 4.98 Å². The maximum Gasteiger partial charge on any atom is 0.416 e. The number of halogens is 1. The quantitative estimate of drug-likeness (QED) is 0.413. The normalized spacial score (nSPS) is 14.1. The molecule has 0 saturated heterocycles. The van der Waals surface area contributed by atoms with Gasteiger partial charge in [-0.3, -0.25) is 4.90 Å². The average Bonchev–Trinajstić information content (AvgIpc) is 2.58. The first-order valence-corrected chi connectivity index (χ1v) is 9.93. The van der Waals surface area contributed by atoms with Crippen LogP contribution in [0.4, 0.5) is 10.6 Å². The standard InChI is InChI=1S/C19H22ClN3O2S/c1-19(2,3)25-18(24)23-11-7-10-14-15(23)21-17(20)22-16(14)26-12-13-8-5-4-6-9-13/h4-6,8-9H,7,10-12H2,1-3H3. The highest BCUT2D eigenvalue weighted by Gasteiger charge is 2.30. The molecule has 0 radical (unpaired) electrons. The van der Waals surface area contributed by atoms with Crippen LogP contribution in [0.1, 0.15) is 38.3 Å². The first kappa shape index (κ1) is 19.0. The van der Waals surface area contributed by atoms with Gasteiger partial charge in [0.25, 0.3) is 0 Å². The van der Waals surface area contributed by atoms with E-state index < -0.39 is 11.7 Å². The first-order chi connectivity index (χ1) is 12.3.